The number of nitrogens with zero attached hydrogens (tertiary/aromatic N) is 1. The van der Waals surface area contributed by atoms with Gasteiger partial charge in [0.1, 0.15) is 0 Å². The van der Waals surface area contributed by atoms with E-state index in [1.807, 2.05) is 27.7 Å². The van der Waals surface area contributed by atoms with Crippen molar-refractivity contribution < 1.29 is 4.79 Å². The predicted octanol–water partition coefficient (Wildman–Crippen LogP) is 1.56. The summed E-state index contributed by atoms with van der Waals surface area (Å²) < 4.78 is 0. The molecule has 0 saturated heterocycles. The van der Waals surface area contributed by atoms with Gasteiger partial charge in [-0.05, 0) is 40.5 Å². The second-order valence-electron chi connectivity index (χ2n) is 5.22. The van der Waals surface area contributed by atoms with Crippen LogP contribution < -0.4 is 11.1 Å². The fourth-order valence-electron chi connectivity index (χ4n) is 1.04. The molecular weight excluding hydrogens is 202 g/mol. The zero-order valence-corrected chi connectivity index (χ0v) is 10.8. The van der Waals surface area contributed by atoms with Gasteiger partial charge >= 0.3 is 0 Å². The maximum Gasteiger partial charge on any atom is 0.227 e. The molecule has 0 fully saturated rings. The lowest BCUT2D eigenvalue weighted by Gasteiger charge is -2.36. The Balaban J connectivity index is 4.03. The van der Waals surface area contributed by atoms with Crippen LogP contribution in [0.2, 0.25) is 0 Å². The molecule has 3 N–H and O–H groups in total. The number of amides is 1. The van der Waals surface area contributed by atoms with E-state index in [1.165, 1.54) is 0 Å². The lowest BCUT2D eigenvalue weighted by atomic mass is 9.74. The Morgan fingerprint density at radius 3 is 2.31 bits per heavy atom. The third-order valence-electron chi connectivity index (χ3n) is 3.18. The van der Waals surface area contributed by atoms with Gasteiger partial charge in [-0.25, -0.2) is 0 Å². The summed E-state index contributed by atoms with van der Waals surface area (Å²) in [5.41, 5.74) is 4.82. The van der Waals surface area contributed by atoms with Crippen LogP contribution in [0, 0.1) is 16.7 Å². The van der Waals surface area contributed by atoms with Gasteiger partial charge in [-0.15, -0.1) is 0 Å². The van der Waals surface area contributed by atoms with E-state index in [0.717, 1.165) is 12.8 Å². The average molecular weight is 225 g/mol. The molecule has 16 heavy (non-hydrogen) atoms. The summed E-state index contributed by atoms with van der Waals surface area (Å²) >= 11 is 0. The van der Waals surface area contributed by atoms with Gasteiger partial charge in [0.25, 0.3) is 0 Å². The maximum atomic E-state index is 11.9. The zero-order chi connectivity index (χ0) is 12.8. The van der Waals surface area contributed by atoms with Crippen LogP contribution in [0.25, 0.3) is 0 Å². The molecule has 0 unspecified atom stereocenters. The van der Waals surface area contributed by atoms with Crippen molar-refractivity contribution in [2.24, 2.45) is 11.1 Å². The highest BCUT2D eigenvalue weighted by atomic mass is 16.2. The normalized spacial score (nSPS) is 12.0. The number of unbranched alkanes of at least 4 members (excludes halogenated alkanes) is 2. The van der Waals surface area contributed by atoms with Crippen LogP contribution in [0.5, 0.6) is 0 Å². The number of rotatable bonds is 6. The van der Waals surface area contributed by atoms with Gasteiger partial charge in [-0.3, -0.25) is 4.79 Å². The lowest BCUT2D eigenvalue weighted by molar-refractivity contribution is -0.132. The van der Waals surface area contributed by atoms with E-state index in [-0.39, 0.29) is 5.91 Å². The number of carbonyl (C=O) groups excluding carboxylic acids is 1. The van der Waals surface area contributed by atoms with Crippen molar-refractivity contribution in [3.05, 3.63) is 0 Å². The van der Waals surface area contributed by atoms with Gasteiger partial charge in [0.05, 0.1) is 11.5 Å². The first kappa shape index (κ1) is 14.9. The molecule has 0 aromatic heterocycles. The third-order valence-corrected chi connectivity index (χ3v) is 3.18. The molecule has 0 aliphatic heterocycles. The van der Waals surface area contributed by atoms with E-state index in [0.29, 0.717) is 13.0 Å². The summed E-state index contributed by atoms with van der Waals surface area (Å²) in [6.07, 6.45) is 2.20. The minimum absolute atomic E-state index is 0.0306. The van der Waals surface area contributed by atoms with E-state index in [9.17, 15) is 4.79 Å². The molecule has 4 nitrogen and oxygen atoms in total. The number of nitrogens with two attached hydrogens (primary N) is 1. The molecule has 0 spiro atoms. The van der Waals surface area contributed by atoms with Crippen molar-refractivity contribution in [2.45, 2.75) is 52.5 Å². The van der Waals surface area contributed by atoms with Crippen LogP contribution in [-0.2, 0) is 4.79 Å². The van der Waals surface area contributed by atoms with Crippen molar-refractivity contribution in [3.63, 3.8) is 0 Å². The summed E-state index contributed by atoms with van der Waals surface area (Å²) in [6, 6.07) is 2.08. The van der Waals surface area contributed by atoms with Crippen molar-refractivity contribution in [3.8, 4) is 6.07 Å². The zero-order valence-electron chi connectivity index (χ0n) is 10.8. The molecule has 0 radical (unpaired) electrons. The van der Waals surface area contributed by atoms with Gasteiger partial charge < -0.3 is 11.1 Å². The number of nitriles is 1. The van der Waals surface area contributed by atoms with Crippen molar-refractivity contribution in [2.75, 3.05) is 6.54 Å². The molecule has 0 heterocycles. The summed E-state index contributed by atoms with van der Waals surface area (Å²) in [5.74, 6) is -0.0306. The van der Waals surface area contributed by atoms with E-state index in [2.05, 4.69) is 11.4 Å². The Labute approximate surface area is 98.2 Å². The lowest BCUT2D eigenvalue weighted by Crippen LogP contribution is -2.55. The minimum Gasteiger partial charge on any atom is -0.356 e. The molecule has 1 amide bonds. The smallest absolute Gasteiger partial charge is 0.227 e. The third kappa shape index (κ3) is 4.19. The molecule has 0 saturated carbocycles. The van der Waals surface area contributed by atoms with Gasteiger partial charge in [-0.1, -0.05) is 0 Å². The monoisotopic (exact) mass is 225 g/mol. The van der Waals surface area contributed by atoms with Crippen LogP contribution in [-0.4, -0.2) is 18.0 Å². The van der Waals surface area contributed by atoms with Crippen LogP contribution in [0.3, 0.4) is 0 Å². The van der Waals surface area contributed by atoms with Gasteiger partial charge in [-0.2, -0.15) is 5.26 Å². The quantitative estimate of drug-likeness (QED) is 0.673. The summed E-state index contributed by atoms with van der Waals surface area (Å²) in [5, 5.41) is 11.2. The Morgan fingerprint density at radius 2 is 1.88 bits per heavy atom. The van der Waals surface area contributed by atoms with Gasteiger partial charge in [0.15, 0.2) is 0 Å². The second kappa shape index (κ2) is 5.86. The molecule has 0 rings (SSSR count). The van der Waals surface area contributed by atoms with Crippen LogP contribution in [0.1, 0.15) is 47.0 Å². The highest BCUT2D eigenvalue weighted by molar-refractivity contribution is 5.83. The Hall–Kier alpha value is -1.08. The van der Waals surface area contributed by atoms with E-state index >= 15 is 0 Å². The van der Waals surface area contributed by atoms with Crippen molar-refractivity contribution in [1.82, 2.24) is 5.32 Å². The topological polar surface area (TPSA) is 78.9 Å². The molecule has 92 valence electrons. The SMILES string of the molecule is CC(C)(N)C(C)(C)C(=O)NCCCCC#N. The first-order valence-corrected chi connectivity index (χ1v) is 5.67. The second-order valence-corrected chi connectivity index (χ2v) is 5.22. The number of hydrogen-bond acceptors (Lipinski definition) is 3. The highest BCUT2D eigenvalue weighted by Crippen LogP contribution is 2.28. The number of nitrogens with one attached hydrogen (secondary N) is 1. The van der Waals surface area contributed by atoms with Crippen molar-refractivity contribution in [1.29, 1.82) is 5.26 Å². The summed E-state index contributed by atoms with van der Waals surface area (Å²) in [6.45, 7) is 8.00. The maximum absolute atomic E-state index is 11.9. The summed E-state index contributed by atoms with van der Waals surface area (Å²) in [4.78, 5) is 11.9. The van der Waals surface area contributed by atoms with E-state index in [1.54, 1.807) is 0 Å². The first-order chi connectivity index (χ1) is 7.23. The molecule has 0 aromatic carbocycles. The number of hydrogen-bond donors (Lipinski definition) is 2. The standard InChI is InChI=1S/C12H23N3O/c1-11(2,12(3,4)14)10(16)15-9-7-5-6-8-13/h5-7,9,14H2,1-4H3,(H,15,16). The predicted molar refractivity (Wildman–Crippen MR) is 64.5 cm³/mol. The fraction of sp³-hybridized carbons (Fsp3) is 0.833. The summed E-state index contributed by atoms with van der Waals surface area (Å²) in [7, 11) is 0. The molecule has 0 bridgehead atoms. The minimum atomic E-state index is -0.595. The van der Waals surface area contributed by atoms with E-state index in [4.69, 9.17) is 11.0 Å². The van der Waals surface area contributed by atoms with Crippen LogP contribution in [0.15, 0.2) is 0 Å². The van der Waals surface area contributed by atoms with Crippen LogP contribution in [0.4, 0.5) is 0 Å². The molecule has 0 atom stereocenters. The van der Waals surface area contributed by atoms with Gasteiger partial charge in [0, 0.05) is 18.5 Å². The fourth-order valence-corrected chi connectivity index (χ4v) is 1.04. The Morgan fingerprint density at radius 1 is 1.31 bits per heavy atom. The molecule has 0 aliphatic rings. The van der Waals surface area contributed by atoms with E-state index < -0.39 is 11.0 Å². The Bertz CT molecular complexity index is 271. The molecule has 4 heteroatoms. The Kier molecular flexibility index (Phi) is 5.46. The molecular formula is C12H23N3O. The first-order valence-electron chi connectivity index (χ1n) is 5.67. The van der Waals surface area contributed by atoms with Crippen molar-refractivity contribution >= 4 is 5.91 Å². The molecule has 0 aliphatic carbocycles. The number of carbonyl (C=O) groups is 1. The largest absolute Gasteiger partial charge is 0.356 e. The highest BCUT2D eigenvalue weighted by Gasteiger charge is 2.39. The molecule has 0 aromatic rings. The van der Waals surface area contributed by atoms with Crippen LogP contribution >= 0.6 is 0 Å². The average Bonchev–Trinajstić information content (AvgIpc) is 2.15. The van der Waals surface area contributed by atoms with Gasteiger partial charge in [0.2, 0.25) is 5.91 Å².